The third-order valence-electron chi connectivity index (χ3n) is 4.36. The minimum atomic E-state index is 0.299. The van der Waals surface area contributed by atoms with Gasteiger partial charge in [-0.1, -0.05) is 6.92 Å². The molecule has 0 spiro atoms. The van der Waals surface area contributed by atoms with Gasteiger partial charge in [0.2, 0.25) is 5.91 Å². The molecule has 0 aromatic rings. The fourth-order valence-electron chi connectivity index (χ4n) is 3.04. The number of likely N-dealkylation sites (N-methyl/N-ethyl adjacent to an activating group) is 1. The number of carbonyl (C=O) groups excluding carboxylic acids is 1. The van der Waals surface area contributed by atoms with Crippen LogP contribution in [0.1, 0.15) is 39.5 Å². The Bertz CT molecular complexity index is 291. The Labute approximate surface area is 110 Å². The minimum absolute atomic E-state index is 0.299. The highest BCUT2D eigenvalue weighted by molar-refractivity contribution is 5.79. The Balaban J connectivity index is 1.88. The molecule has 18 heavy (non-hydrogen) atoms. The lowest BCUT2D eigenvalue weighted by atomic mass is 9.92. The highest BCUT2D eigenvalue weighted by Crippen LogP contribution is 2.27. The Kier molecular flexibility index (Phi) is 4.62. The first kappa shape index (κ1) is 13.8. The molecule has 2 fully saturated rings. The van der Waals surface area contributed by atoms with Crippen LogP contribution in [0.5, 0.6) is 0 Å². The summed E-state index contributed by atoms with van der Waals surface area (Å²) in [5, 5.41) is 0. The first-order chi connectivity index (χ1) is 8.65. The topological polar surface area (TPSA) is 49.6 Å². The van der Waals surface area contributed by atoms with Gasteiger partial charge in [0.1, 0.15) is 0 Å². The van der Waals surface area contributed by atoms with Crippen molar-refractivity contribution in [1.82, 2.24) is 9.80 Å². The van der Waals surface area contributed by atoms with Gasteiger partial charge in [-0.2, -0.15) is 0 Å². The Hall–Kier alpha value is -0.610. The molecule has 0 aromatic carbocycles. The van der Waals surface area contributed by atoms with Crippen LogP contribution in [0.4, 0.5) is 0 Å². The third kappa shape index (κ3) is 3.23. The Morgan fingerprint density at radius 2 is 2.11 bits per heavy atom. The fraction of sp³-hybridized carbons (Fsp3) is 0.929. The maximum Gasteiger partial charge on any atom is 0.236 e. The van der Waals surface area contributed by atoms with Crippen LogP contribution in [0.3, 0.4) is 0 Å². The van der Waals surface area contributed by atoms with E-state index < -0.39 is 0 Å². The molecule has 2 N–H and O–H groups in total. The van der Waals surface area contributed by atoms with Crippen molar-refractivity contribution in [2.24, 2.45) is 11.7 Å². The lowest BCUT2D eigenvalue weighted by Crippen LogP contribution is -2.51. The van der Waals surface area contributed by atoms with Crippen molar-refractivity contribution >= 4 is 5.91 Å². The third-order valence-corrected chi connectivity index (χ3v) is 4.36. The van der Waals surface area contributed by atoms with Crippen molar-refractivity contribution in [3.05, 3.63) is 0 Å². The second kappa shape index (κ2) is 6.02. The molecule has 2 atom stereocenters. The molecule has 0 radical (unpaired) electrons. The van der Waals surface area contributed by atoms with E-state index in [1.54, 1.807) is 0 Å². The fourth-order valence-corrected chi connectivity index (χ4v) is 3.04. The molecule has 1 aliphatic heterocycles. The lowest BCUT2D eigenvalue weighted by Gasteiger charge is -2.38. The summed E-state index contributed by atoms with van der Waals surface area (Å²) in [5.41, 5.74) is 5.85. The maximum atomic E-state index is 12.3. The van der Waals surface area contributed by atoms with Gasteiger partial charge in [-0.15, -0.1) is 0 Å². The summed E-state index contributed by atoms with van der Waals surface area (Å²) < 4.78 is 0. The van der Waals surface area contributed by atoms with Gasteiger partial charge in [-0.05, 0) is 45.1 Å². The molecule has 4 nitrogen and oxygen atoms in total. The number of hydrogen-bond acceptors (Lipinski definition) is 3. The monoisotopic (exact) mass is 253 g/mol. The average Bonchev–Trinajstić information content (AvgIpc) is 3.17. The van der Waals surface area contributed by atoms with Crippen LogP contribution in [0.2, 0.25) is 0 Å². The number of piperidine rings is 1. The molecule has 1 aliphatic carbocycles. The number of hydrogen-bond donors (Lipinski definition) is 1. The van der Waals surface area contributed by atoms with Gasteiger partial charge >= 0.3 is 0 Å². The van der Waals surface area contributed by atoms with E-state index in [2.05, 4.69) is 18.7 Å². The molecule has 0 bridgehead atoms. The SMILES string of the molecule is CCN(C(=O)CN1CCC(C)CC1CN)C1CC1. The zero-order valence-corrected chi connectivity index (χ0v) is 11.8. The number of likely N-dealkylation sites (tertiary alicyclic amines) is 1. The number of amides is 1. The molecular weight excluding hydrogens is 226 g/mol. The van der Waals surface area contributed by atoms with E-state index in [9.17, 15) is 4.79 Å². The summed E-state index contributed by atoms with van der Waals surface area (Å²) in [6.45, 7) is 7.48. The maximum absolute atomic E-state index is 12.3. The molecule has 1 saturated heterocycles. The van der Waals surface area contributed by atoms with E-state index in [0.717, 1.165) is 25.4 Å². The second-order valence-corrected chi connectivity index (χ2v) is 5.90. The van der Waals surface area contributed by atoms with Crippen LogP contribution in [-0.2, 0) is 4.79 Å². The number of nitrogens with two attached hydrogens (primary N) is 1. The van der Waals surface area contributed by atoms with Crippen LogP contribution in [0.25, 0.3) is 0 Å². The van der Waals surface area contributed by atoms with Crippen molar-refractivity contribution in [1.29, 1.82) is 0 Å². The first-order valence-corrected chi connectivity index (χ1v) is 7.39. The molecule has 0 aromatic heterocycles. The van der Waals surface area contributed by atoms with Crippen LogP contribution in [0.15, 0.2) is 0 Å². The predicted molar refractivity (Wildman–Crippen MR) is 73.2 cm³/mol. The Morgan fingerprint density at radius 1 is 1.39 bits per heavy atom. The zero-order chi connectivity index (χ0) is 13.1. The van der Waals surface area contributed by atoms with E-state index in [4.69, 9.17) is 5.73 Å². The zero-order valence-electron chi connectivity index (χ0n) is 11.8. The van der Waals surface area contributed by atoms with Crippen LogP contribution in [0, 0.1) is 5.92 Å². The summed E-state index contributed by atoms with van der Waals surface area (Å²) in [6.07, 6.45) is 4.71. The van der Waals surface area contributed by atoms with Gasteiger partial charge in [0.05, 0.1) is 6.54 Å². The summed E-state index contributed by atoms with van der Waals surface area (Å²) in [4.78, 5) is 16.7. The van der Waals surface area contributed by atoms with Crippen molar-refractivity contribution in [2.75, 3.05) is 26.2 Å². The first-order valence-electron chi connectivity index (χ1n) is 7.39. The highest BCUT2D eigenvalue weighted by Gasteiger charge is 2.33. The number of carbonyl (C=O) groups is 1. The van der Waals surface area contributed by atoms with Crippen LogP contribution in [-0.4, -0.2) is 54.0 Å². The smallest absolute Gasteiger partial charge is 0.236 e. The standard InChI is InChI=1S/C14H27N3O/c1-3-17(12-4-5-12)14(18)10-16-7-6-11(2)8-13(16)9-15/h11-13H,3-10,15H2,1-2H3. The summed E-state index contributed by atoms with van der Waals surface area (Å²) >= 11 is 0. The van der Waals surface area contributed by atoms with E-state index in [0.29, 0.717) is 31.1 Å². The second-order valence-electron chi connectivity index (χ2n) is 5.90. The van der Waals surface area contributed by atoms with Gasteiger partial charge in [-0.3, -0.25) is 9.69 Å². The van der Waals surface area contributed by atoms with Gasteiger partial charge in [0.25, 0.3) is 0 Å². The van der Waals surface area contributed by atoms with Gasteiger partial charge < -0.3 is 10.6 Å². The summed E-state index contributed by atoms with van der Waals surface area (Å²) in [7, 11) is 0. The van der Waals surface area contributed by atoms with Gasteiger partial charge in [0.15, 0.2) is 0 Å². The minimum Gasteiger partial charge on any atom is -0.339 e. The highest BCUT2D eigenvalue weighted by atomic mass is 16.2. The quantitative estimate of drug-likeness (QED) is 0.797. The Morgan fingerprint density at radius 3 is 2.67 bits per heavy atom. The van der Waals surface area contributed by atoms with Crippen LogP contribution < -0.4 is 5.73 Å². The molecule has 1 heterocycles. The van der Waals surface area contributed by atoms with Crippen molar-refractivity contribution in [3.63, 3.8) is 0 Å². The molecule has 2 aliphatic rings. The van der Waals surface area contributed by atoms with Crippen LogP contribution >= 0.6 is 0 Å². The molecule has 2 unspecified atom stereocenters. The van der Waals surface area contributed by atoms with E-state index >= 15 is 0 Å². The molecular formula is C14H27N3O. The van der Waals surface area contributed by atoms with E-state index in [1.165, 1.54) is 19.3 Å². The van der Waals surface area contributed by atoms with E-state index in [1.807, 2.05) is 4.90 Å². The van der Waals surface area contributed by atoms with E-state index in [-0.39, 0.29) is 0 Å². The summed E-state index contributed by atoms with van der Waals surface area (Å²) in [5.74, 6) is 1.05. The molecule has 4 heteroatoms. The summed E-state index contributed by atoms with van der Waals surface area (Å²) in [6, 6.07) is 0.929. The van der Waals surface area contributed by atoms with Gasteiger partial charge in [0, 0.05) is 25.2 Å². The van der Waals surface area contributed by atoms with Gasteiger partial charge in [-0.25, -0.2) is 0 Å². The normalized spacial score (nSPS) is 29.3. The van der Waals surface area contributed by atoms with Crippen molar-refractivity contribution in [2.45, 2.75) is 51.6 Å². The molecule has 1 amide bonds. The largest absolute Gasteiger partial charge is 0.339 e. The number of nitrogens with zero attached hydrogens (tertiary/aromatic N) is 2. The van der Waals surface area contributed by atoms with Crippen molar-refractivity contribution in [3.8, 4) is 0 Å². The predicted octanol–water partition coefficient (Wildman–Crippen LogP) is 1.06. The molecule has 1 saturated carbocycles. The van der Waals surface area contributed by atoms with Crippen molar-refractivity contribution < 1.29 is 4.79 Å². The molecule has 104 valence electrons. The molecule has 2 rings (SSSR count). The average molecular weight is 253 g/mol. The number of rotatable bonds is 5. The lowest BCUT2D eigenvalue weighted by molar-refractivity contribution is -0.133.